The lowest BCUT2D eigenvalue weighted by Gasteiger charge is -2.07. The Bertz CT molecular complexity index is 1320. The SMILES string of the molecule is COc1ccc(-c2nc3c4cnn(-c5cc(Cl)ccc5C)c4ncn3n2)cc1. The molecule has 0 atom stereocenters. The fourth-order valence-electron chi connectivity index (χ4n) is 3.17. The Morgan fingerprint density at radius 2 is 1.86 bits per heavy atom. The van der Waals surface area contributed by atoms with Gasteiger partial charge in [-0.2, -0.15) is 5.10 Å². The molecule has 138 valence electrons. The van der Waals surface area contributed by atoms with Crippen LogP contribution in [-0.2, 0) is 0 Å². The monoisotopic (exact) mass is 390 g/mol. The van der Waals surface area contributed by atoms with Gasteiger partial charge in [0.2, 0.25) is 0 Å². The lowest BCUT2D eigenvalue weighted by molar-refractivity contribution is 0.415. The van der Waals surface area contributed by atoms with Crippen LogP contribution in [0.15, 0.2) is 55.0 Å². The van der Waals surface area contributed by atoms with E-state index in [4.69, 9.17) is 21.3 Å². The van der Waals surface area contributed by atoms with E-state index in [1.165, 1.54) is 0 Å². The van der Waals surface area contributed by atoms with Gasteiger partial charge in [0.05, 0.1) is 24.4 Å². The van der Waals surface area contributed by atoms with Gasteiger partial charge in [0.25, 0.3) is 0 Å². The molecule has 8 heteroatoms. The van der Waals surface area contributed by atoms with Crippen molar-refractivity contribution in [3.8, 4) is 22.8 Å². The molecule has 7 nitrogen and oxygen atoms in total. The zero-order valence-corrected chi connectivity index (χ0v) is 15.9. The van der Waals surface area contributed by atoms with Gasteiger partial charge in [0, 0.05) is 10.6 Å². The third-order valence-electron chi connectivity index (χ3n) is 4.65. The van der Waals surface area contributed by atoms with Crippen molar-refractivity contribution in [2.75, 3.05) is 7.11 Å². The molecule has 2 aromatic carbocycles. The fraction of sp³-hybridized carbons (Fsp3) is 0.100. The summed E-state index contributed by atoms with van der Waals surface area (Å²) in [5.41, 5.74) is 4.23. The number of hydrogen-bond acceptors (Lipinski definition) is 5. The van der Waals surface area contributed by atoms with E-state index in [0.29, 0.717) is 22.1 Å². The zero-order chi connectivity index (χ0) is 19.3. The first-order valence-electron chi connectivity index (χ1n) is 8.64. The van der Waals surface area contributed by atoms with Crippen LogP contribution in [0.1, 0.15) is 5.56 Å². The molecule has 0 aliphatic rings. The van der Waals surface area contributed by atoms with Gasteiger partial charge in [-0.05, 0) is 48.9 Å². The number of halogens is 1. The molecular weight excluding hydrogens is 376 g/mol. The Balaban J connectivity index is 1.67. The highest BCUT2D eigenvalue weighted by molar-refractivity contribution is 6.30. The second-order valence-electron chi connectivity index (χ2n) is 6.40. The van der Waals surface area contributed by atoms with Crippen LogP contribution in [0, 0.1) is 6.92 Å². The second kappa shape index (κ2) is 6.31. The number of aryl methyl sites for hydroxylation is 1. The fourth-order valence-corrected chi connectivity index (χ4v) is 3.34. The van der Waals surface area contributed by atoms with Gasteiger partial charge < -0.3 is 4.74 Å². The molecule has 3 heterocycles. The van der Waals surface area contributed by atoms with Crippen molar-refractivity contribution in [2.24, 2.45) is 0 Å². The molecule has 0 fully saturated rings. The Morgan fingerprint density at radius 1 is 1.04 bits per heavy atom. The van der Waals surface area contributed by atoms with E-state index in [9.17, 15) is 0 Å². The molecule has 0 aliphatic carbocycles. The molecule has 0 radical (unpaired) electrons. The number of aromatic nitrogens is 6. The highest BCUT2D eigenvalue weighted by Crippen LogP contribution is 2.26. The Kier molecular flexibility index (Phi) is 3.77. The first-order valence-corrected chi connectivity index (χ1v) is 9.02. The van der Waals surface area contributed by atoms with E-state index in [0.717, 1.165) is 28.0 Å². The number of nitrogens with zero attached hydrogens (tertiary/aromatic N) is 6. The molecule has 5 rings (SSSR count). The summed E-state index contributed by atoms with van der Waals surface area (Å²) in [7, 11) is 1.64. The molecule has 0 saturated heterocycles. The zero-order valence-electron chi connectivity index (χ0n) is 15.2. The summed E-state index contributed by atoms with van der Waals surface area (Å²) in [5, 5.41) is 10.5. The minimum Gasteiger partial charge on any atom is -0.497 e. The largest absolute Gasteiger partial charge is 0.497 e. The molecule has 0 aliphatic heterocycles. The molecule has 0 amide bonds. The Hall–Kier alpha value is -3.45. The molecule has 28 heavy (non-hydrogen) atoms. The number of fused-ring (bicyclic) bond motifs is 3. The minimum atomic E-state index is 0.614. The first-order chi connectivity index (χ1) is 13.6. The molecule has 3 aromatic heterocycles. The summed E-state index contributed by atoms with van der Waals surface area (Å²) >= 11 is 6.18. The molecule has 0 N–H and O–H groups in total. The van der Waals surface area contributed by atoms with Crippen molar-refractivity contribution < 1.29 is 4.74 Å². The third kappa shape index (κ3) is 2.59. The van der Waals surface area contributed by atoms with Crippen molar-refractivity contribution in [3.63, 3.8) is 0 Å². The first kappa shape index (κ1) is 16.7. The van der Waals surface area contributed by atoms with Crippen LogP contribution < -0.4 is 4.74 Å². The molecular formula is C20H15ClN6O. The minimum absolute atomic E-state index is 0.614. The summed E-state index contributed by atoms with van der Waals surface area (Å²) in [6.45, 7) is 2.01. The van der Waals surface area contributed by atoms with E-state index < -0.39 is 0 Å². The maximum Gasteiger partial charge on any atom is 0.182 e. The van der Waals surface area contributed by atoms with E-state index >= 15 is 0 Å². The van der Waals surface area contributed by atoms with E-state index in [2.05, 4.69) is 15.2 Å². The summed E-state index contributed by atoms with van der Waals surface area (Å²) in [5.74, 6) is 1.40. The average molecular weight is 391 g/mol. The van der Waals surface area contributed by atoms with Crippen molar-refractivity contribution >= 4 is 28.3 Å². The van der Waals surface area contributed by atoms with E-state index in [1.807, 2.05) is 49.4 Å². The maximum absolute atomic E-state index is 6.18. The van der Waals surface area contributed by atoms with Crippen LogP contribution in [0.5, 0.6) is 5.75 Å². The standard InChI is InChI=1S/C20H15ClN6O/c1-12-3-6-14(21)9-17(12)27-19-16(10-23-27)20-24-18(25-26(20)11-22-19)13-4-7-15(28-2)8-5-13/h3-11H,1-2H3. The second-order valence-corrected chi connectivity index (χ2v) is 6.84. The summed E-state index contributed by atoms with van der Waals surface area (Å²) in [6.07, 6.45) is 3.40. The molecule has 0 bridgehead atoms. The van der Waals surface area contributed by atoms with Gasteiger partial charge in [0.15, 0.2) is 17.1 Å². The van der Waals surface area contributed by atoms with Gasteiger partial charge in [-0.15, -0.1) is 5.10 Å². The highest BCUT2D eigenvalue weighted by atomic mass is 35.5. The number of hydrogen-bond donors (Lipinski definition) is 0. The van der Waals surface area contributed by atoms with Crippen LogP contribution in [0.2, 0.25) is 5.02 Å². The lowest BCUT2D eigenvalue weighted by Crippen LogP contribution is -2.01. The molecule has 0 spiro atoms. The van der Waals surface area contributed by atoms with Gasteiger partial charge >= 0.3 is 0 Å². The molecule has 0 saturated carbocycles. The lowest BCUT2D eigenvalue weighted by atomic mass is 10.2. The number of rotatable bonds is 3. The molecule has 0 unspecified atom stereocenters. The predicted octanol–water partition coefficient (Wildman–Crippen LogP) is 4.10. The van der Waals surface area contributed by atoms with Gasteiger partial charge in [-0.3, -0.25) is 0 Å². The van der Waals surface area contributed by atoms with Gasteiger partial charge in [0.1, 0.15) is 12.1 Å². The average Bonchev–Trinajstić information content (AvgIpc) is 3.33. The van der Waals surface area contributed by atoms with Gasteiger partial charge in [-0.1, -0.05) is 17.7 Å². The van der Waals surface area contributed by atoms with Crippen LogP contribution in [0.3, 0.4) is 0 Å². The van der Waals surface area contributed by atoms with Gasteiger partial charge in [-0.25, -0.2) is 19.2 Å². The highest BCUT2D eigenvalue weighted by Gasteiger charge is 2.15. The smallest absolute Gasteiger partial charge is 0.182 e. The van der Waals surface area contributed by atoms with Crippen molar-refractivity contribution in [2.45, 2.75) is 6.92 Å². The maximum atomic E-state index is 6.18. The number of methoxy groups -OCH3 is 1. The summed E-state index contributed by atoms with van der Waals surface area (Å²) in [4.78, 5) is 9.25. The Morgan fingerprint density at radius 3 is 2.64 bits per heavy atom. The van der Waals surface area contributed by atoms with Crippen molar-refractivity contribution in [1.82, 2.24) is 29.4 Å². The predicted molar refractivity (Wildman–Crippen MR) is 107 cm³/mol. The van der Waals surface area contributed by atoms with E-state index in [1.54, 1.807) is 28.8 Å². The number of benzene rings is 2. The summed E-state index contributed by atoms with van der Waals surface area (Å²) in [6, 6.07) is 13.3. The van der Waals surface area contributed by atoms with Crippen LogP contribution in [0.4, 0.5) is 0 Å². The Labute approximate surface area is 165 Å². The normalized spacial score (nSPS) is 11.4. The quantitative estimate of drug-likeness (QED) is 0.464. The van der Waals surface area contributed by atoms with Crippen molar-refractivity contribution in [1.29, 1.82) is 0 Å². The molecule has 5 aromatic rings. The van der Waals surface area contributed by atoms with Crippen LogP contribution in [0.25, 0.3) is 33.8 Å². The summed E-state index contributed by atoms with van der Waals surface area (Å²) < 4.78 is 8.65. The van der Waals surface area contributed by atoms with E-state index in [-0.39, 0.29) is 0 Å². The van der Waals surface area contributed by atoms with Crippen LogP contribution >= 0.6 is 11.6 Å². The third-order valence-corrected chi connectivity index (χ3v) is 4.89. The van der Waals surface area contributed by atoms with Crippen molar-refractivity contribution in [3.05, 3.63) is 65.6 Å². The van der Waals surface area contributed by atoms with Crippen LogP contribution in [-0.4, -0.2) is 36.5 Å². The topological polar surface area (TPSA) is 70.1 Å². The number of ether oxygens (including phenoxy) is 1.